The van der Waals surface area contributed by atoms with Gasteiger partial charge in [-0.25, -0.2) is 4.98 Å². The van der Waals surface area contributed by atoms with Crippen molar-refractivity contribution in [1.82, 2.24) is 9.97 Å². The van der Waals surface area contributed by atoms with Crippen LogP contribution in [-0.2, 0) is 0 Å². The molecule has 1 heterocycles. The van der Waals surface area contributed by atoms with Crippen molar-refractivity contribution in [1.29, 1.82) is 0 Å². The third-order valence-corrected chi connectivity index (χ3v) is 3.17. The molecule has 0 aliphatic heterocycles. The van der Waals surface area contributed by atoms with Gasteiger partial charge in [0.15, 0.2) is 0 Å². The second kappa shape index (κ2) is 5.62. The van der Waals surface area contributed by atoms with Crippen molar-refractivity contribution in [2.75, 3.05) is 7.11 Å². The second-order valence-electron chi connectivity index (χ2n) is 4.33. The quantitative estimate of drug-likeness (QED) is 0.797. The Hall–Kier alpha value is -0.640. The number of halogens is 1. The average Bonchev–Trinajstić information content (AvgIpc) is 2.15. The Labute approximate surface area is 106 Å². The molecule has 0 aromatic carbocycles. The highest BCUT2D eigenvalue weighted by molar-refractivity contribution is 9.09. The highest BCUT2D eigenvalue weighted by atomic mass is 79.9. The third-order valence-electron chi connectivity index (χ3n) is 2.60. The minimum absolute atomic E-state index is 0.371. The summed E-state index contributed by atoms with van der Waals surface area (Å²) in [5.74, 6) is 2.29. The van der Waals surface area contributed by atoms with Crippen molar-refractivity contribution in [3.05, 3.63) is 17.6 Å². The van der Waals surface area contributed by atoms with Gasteiger partial charge in [0.25, 0.3) is 0 Å². The summed E-state index contributed by atoms with van der Waals surface area (Å²) < 4.78 is 5.18. The first-order valence-corrected chi connectivity index (χ1v) is 6.41. The first-order valence-electron chi connectivity index (χ1n) is 5.49. The van der Waals surface area contributed by atoms with Gasteiger partial charge in [0, 0.05) is 16.8 Å². The molecule has 0 bridgehead atoms. The fraction of sp³-hybridized carbons (Fsp3) is 0.667. The lowest BCUT2D eigenvalue weighted by molar-refractivity contribution is 0.391. The molecule has 0 amide bonds. The van der Waals surface area contributed by atoms with E-state index in [2.05, 4.69) is 46.7 Å². The Morgan fingerprint density at radius 1 is 1.25 bits per heavy atom. The number of ether oxygens (including phenoxy) is 1. The molecule has 1 aromatic rings. The number of aromatic nitrogens is 2. The van der Waals surface area contributed by atoms with Gasteiger partial charge in [-0.1, -0.05) is 36.7 Å². The van der Waals surface area contributed by atoms with E-state index in [1.807, 2.05) is 13.0 Å². The summed E-state index contributed by atoms with van der Waals surface area (Å²) in [6.45, 7) is 8.44. The molecular formula is C12H19BrN2O. The second-order valence-corrected chi connectivity index (χ2v) is 5.77. The Morgan fingerprint density at radius 3 is 2.31 bits per heavy atom. The van der Waals surface area contributed by atoms with E-state index in [4.69, 9.17) is 4.74 Å². The number of rotatable bonds is 4. The first-order chi connectivity index (χ1) is 7.45. The maximum Gasteiger partial charge on any atom is 0.216 e. The molecule has 0 spiro atoms. The van der Waals surface area contributed by atoms with E-state index in [1.54, 1.807) is 7.11 Å². The molecule has 1 aromatic heterocycles. The predicted octanol–water partition coefficient (Wildman–Crippen LogP) is 3.32. The summed E-state index contributed by atoms with van der Waals surface area (Å²) in [4.78, 5) is 9.09. The van der Waals surface area contributed by atoms with Crippen LogP contribution in [0.25, 0.3) is 0 Å². The van der Waals surface area contributed by atoms with Gasteiger partial charge in [0.2, 0.25) is 5.88 Å². The van der Waals surface area contributed by atoms with Crippen LogP contribution in [0, 0.1) is 12.8 Å². The van der Waals surface area contributed by atoms with E-state index in [-0.39, 0.29) is 0 Å². The monoisotopic (exact) mass is 286 g/mol. The van der Waals surface area contributed by atoms with E-state index < -0.39 is 0 Å². The van der Waals surface area contributed by atoms with Gasteiger partial charge >= 0.3 is 0 Å². The number of hydrogen-bond donors (Lipinski definition) is 0. The summed E-state index contributed by atoms with van der Waals surface area (Å²) in [6.07, 6.45) is 0. The molecule has 1 rings (SSSR count). The first kappa shape index (κ1) is 13.4. The molecule has 0 N–H and O–H groups in total. The van der Waals surface area contributed by atoms with Gasteiger partial charge in [-0.3, -0.25) is 0 Å². The van der Waals surface area contributed by atoms with Crippen LogP contribution in [0.4, 0.5) is 0 Å². The molecule has 0 saturated carbocycles. The Kier molecular flexibility index (Phi) is 4.71. The van der Waals surface area contributed by atoms with Gasteiger partial charge in [0.05, 0.1) is 12.8 Å². The number of nitrogens with zero attached hydrogens (tertiary/aromatic N) is 2. The summed E-state index contributed by atoms with van der Waals surface area (Å²) in [5, 5.41) is 0. The molecule has 90 valence electrons. The minimum atomic E-state index is 0.371. The van der Waals surface area contributed by atoms with Crippen molar-refractivity contribution >= 4 is 15.9 Å². The molecule has 0 saturated heterocycles. The molecule has 0 radical (unpaired) electrons. The number of alkyl halides is 1. The van der Waals surface area contributed by atoms with Crippen molar-refractivity contribution in [3.63, 3.8) is 0 Å². The Balaban J connectivity index is 3.13. The van der Waals surface area contributed by atoms with Gasteiger partial charge in [-0.05, 0) is 12.8 Å². The maximum atomic E-state index is 5.18. The number of hydrogen-bond acceptors (Lipinski definition) is 3. The lowest BCUT2D eigenvalue weighted by atomic mass is 9.90. The molecule has 0 fully saturated rings. The van der Waals surface area contributed by atoms with Crippen LogP contribution in [0.15, 0.2) is 6.07 Å². The van der Waals surface area contributed by atoms with Crippen LogP contribution in [-0.4, -0.2) is 21.9 Å². The van der Waals surface area contributed by atoms with Crippen molar-refractivity contribution < 1.29 is 4.74 Å². The summed E-state index contributed by atoms with van der Waals surface area (Å²) in [6, 6.07) is 1.93. The summed E-state index contributed by atoms with van der Waals surface area (Å²) in [7, 11) is 1.63. The fourth-order valence-corrected chi connectivity index (χ4v) is 2.83. The predicted molar refractivity (Wildman–Crippen MR) is 69.3 cm³/mol. The topological polar surface area (TPSA) is 35.0 Å². The molecule has 2 atom stereocenters. The zero-order chi connectivity index (χ0) is 12.3. The molecule has 2 unspecified atom stereocenters. The largest absolute Gasteiger partial charge is 0.481 e. The van der Waals surface area contributed by atoms with Crippen LogP contribution in [0.5, 0.6) is 5.88 Å². The van der Waals surface area contributed by atoms with Crippen LogP contribution < -0.4 is 4.74 Å². The van der Waals surface area contributed by atoms with Crippen LogP contribution in [0.2, 0.25) is 0 Å². The zero-order valence-corrected chi connectivity index (χ0v) is 12.1. The lowest BCUT2D eigenvalue weighted by Gasteiger charge is -2.23. The van der Waals surface area contributed by atoms with Crippen molar-refractivity contribution in [3.8, 4) is 5.88 Å². The highest BCUT2D eigenvalue weighted by Gasteiger charge is 2.23. The Bertz CT molecular complexity index is 345. The van der Waals surface area contributed by atoms with E-state index >= 15 is 0 Å². The van der Waals surface area contributed by atoms with Gasteiger partial charge in [-0.2, -0.15) is 4.98 Å². The van der Waals surface area contributed by atoms with Gasteiger partial charge in [-0.15, -0.1) is 0 Å². The van der Waals surface area contributed by atoms with Crippen LogP contribution >= 0.6 is 15.9 Å². The molecule has 3 nitrogen and oxygen atoms in total. The normalized spacial score (nSPS) is 14.9. The Morgan fingerprint density at radius 2 is 1.88 bits per heavy atom. The smallest absolute Gasteiger partial charge is 0.216 e. The lowest BCUT2D eigenvalue weighted by Crippen LogP contribution is -2.17. The van der Waals surface area contributed by atoms with E-state index in [1.165, 1.54) is 0 Å². The SMILES string of the molecule is COc1cc(C(C(C)C)C(C)Br)nc(C)n1. The molecular weight excluding hydrogens is 268 g/mol. The van der Waals surface area contributed by atoms with Crippen molar-refractivity contribution in [2.45, 2.75) is 38.4 Å². The number of methoxy groups -OCH3 is 1. The molecule has 4 heteroatoms. The van der Waals surface area contributed by atoms with Crippen LogP contribution in [0.1, 0.15) is 38.2 Å². The number of aryl methyl sites for hydroxylation is 1. The maximum absolute atomic E-state index is 5.18. The minimum Gasteiger partial charge on any atom is -0.481 e. The van der Waals surface area contributed by atoms with Crippen LogP contribution in [0.3, 0.4) is 0 Å². The average molecular weight is 287 g/mol. The fourth-order valence-electron chi connectivity index (χ4n) is 1.94. The van der Waals surface area contributed by atoms with Gasteiger partial charge in [0.1, 0.15) is 5.82 Å². The zero-order valence-electron chi connectivity index (χ0n) is 10.5. The molecule has 0 aliphatic rings. The molecule has 0 aliphatic carbocycles. The highest BCUT2D eigenvalue weighted by Crippen LogP contribution is 2.31. The van der Waals surface area contributed by atoms with E-state index in [0.29, 0.717) is 22.5 Å². The van der Waals surface area contributed by atoms with Crippen molar-refractivity contribution in [2.24, 2.45) is 5.92 Å². The molecule has 16 heavy (non-hydrogen) atoms. The summed E-state index contributed by atoms with van der Waals surface area (Å²) in [5.41, 5.74) is 1.05. The van der Waals surface area contributed by atoms with E-state index in [0.717, 1.165) is 11.5 Å². The van der Waals surface area contributed by atoms with E-state index in [9.17, 15) is 0 Å². The standard InChI is InChI=1S/C12H19BrN2O/c1-7(2)12(8(3)13)10-6-11(16-5)15-9(4)14-10/h6-8,12H,1-5H3. The summed E-state index contributed by atoms with van der Waals surface area (Å²) >= 11 is 3.65. The van der Waals surface area contributed by atoms with Gasteiger partial charge < -0.3 is 4.74 Å². The third kappa shape index (κ3) is 3.17.